The Kier molecular flexibility index (Phi) is 4.09. The van der Waals surface area contributed by atoms with E-state index in [9.17, 15) is 9.59 Å². The van der Waals surface area contributed by atoms with Crippen molar-refractivity contribution in [2.45, 2.75) is 12.6 Å². The van der Waals surface area contributed by atoms with Crippen LogP contribution in [0.5, 0.6) is 0 Å². The van der Waals surface area contributed by atoms with Crippen LogP contribution < -0.4 is 5.56 Å². The Morgan fingerprint density at radius 1 is 1.04 bits per heavy atom. The van der Waals surface area contributed by atoms with Crippen LogP contribution in [0.3, 0.4) is 0 Å². The molecule has 0 N–H and O–H groups in total. The molecular formula is C19H24N4O2. The van der Waals surface area contributed by atoms with Crippen molar-refractivity contribution in [2.75, 3.05) is 39.8 Å². The summed E-state index contributed by atoms with van der Waals surface area (Å²) < 4.78 is 1.72. The molecule has 1 aromatic heterocycles. The average molecular weight is 340 g/mol. The van der Waals surface area contributed by atoms with E-state index in [1.54, 1.807) is 4.57 Å². The highest BCUT2D eigenvalue weighted by atomic mass is 16.2. The molecule has 0 saturated carbocycles. The molecule has 6 nitrogen and oxygen atoms in total. The van der Waals surface area contributed by atoms with Crippen molar-refractivity contribution in [1.82, 2.24) is 19.3 Å². The lowest BCUT2D eigenvalue weighted by atomic mass is 10.1. The van der Waals surface area contributed by atoms with Gasteiger partial charge in [-0.15, -0.1) is 0 Å². The highest BCUT2D eigenvalue weighted by Crippen LogP contribution is 2.18. The Hall–Kier alpha value is -2.18. The van der Waals surface area contributed by atoms with Crippen molar-refractivity contribution in [3.8, 4) is 0 Å². The molecular weight excluding hydrogens is 316 g/mol. The molecule has 3 heterocycles. The first kappa shape index (κ1) is 16.3. The predicted octanol–water partition coefficient (Wildman–Crippen LogP) is 0.497. The van der Waals surface area contributed by atoms with E-state index >= 15 is 0 Å². The van der Waals surface area contributed by atoms with Crippen molar-refractivity contribution in [1.29, 1.82) is 0 Å². The van der Waals surface area contributed by atoms with Gasteiger partial charge in [-0.2, -0.15) is 0 Å². The molecule has 0 radical (unpaired) electrons. The standard InChI is InChI=1S/C19H24N4O2/c1-20-7-9-23-10-8-22(13-17(23)19(20)25)12-15-11-14-5-3-4-6-16(14)21(2)18(15)24/h3-6,11,17H,7-10,12-13H2,1-2H3. The molecule has 25 heavy (non-hydrogen) atoms. The number of amides is 1. The Balaban J connectivity index is 1.58. The van der Waals surface area contributed by atoms with E-state index < -0.39 is 0 Å². The molecule has 0 spiro atoms. The first-order chi connectivity index (χ1) is 12.0. The van der Waals surface area contributed by atoms with Crippen LogP contribution in [0.2, 0.25) is 0 Å². The summed E-state index contributed by atoms with van der Waals surface area (Å²) in [5, 5.41) is 1.08. The van der Waals surface area contributed by atoms with Gasteiger partial charge in [-0.25, -0.2) is 0 Å². The Bertz CT molecular complexity index is 875. The van der Waals surface area contributed by atoms with Gasteiger partial charge in [-0.3, -0.25) is 19.4 Å². The lowest BCUT2D eigenvalue weighted by Crippen LogP contribution is -2.63. The number of hydrogen-bond acceptors (Lipinski definition) is 4. The van der Waals surface area contributed by atoms with Gasteiger partial charge in [0.05, 0.1) is 5.52 Å². The number of aryl methyl sites for hydroxylation is 1. The second-order valence-corrected chi connectivity index (χ2v) is 7.14. The molecule has 1 amide bonds. The number of carbonyl (C=O) groups is 1. The van der Waals surface area contributed by atoms with Gasteiger partial charge >= 0.3 is 0 Å². The van der Waals surface area contributed by atoms with E-state index in [1.165, 1.54) is 0 Å². The average Bonchev–Trinajstić information content (AvgIpc) is 2.63. The maximum absolute atomic E-state index is 12.7. The van der Waals surface area contributed by atoms with Crippen molar-refractivity contribution in [2.24, 2.45) is 7.05 Å². The molecule has 2 aromatic rings. The normalized spacial score (nSPS) is 22.4. The minimum atomic E-state index is -0.0724. The largest absolute Gasteiger partial charge is 0.343 e. The van der Waals surface area contributed by atoms with Gasteiger partial charge in [0.1, 0.15) is 6.04 Å². The number of aromatic nitrogens is 1. The number of rotatable bonds is 2. The van der Waals surface area contributed by atoms with Crippen LogP contribution in [0.15, 0.2) is 35.1 Å². The van der Waals surface area contributed by atoms with E-state index in [-0.39, 0.29) is 17.5 Å². The van der Waals surface area contributed by atoms with Gasteiger partial charge in [-0.1, -0.05) is 18.2 Å². The minimum Gasteiger partial charge on any atom is -0.343 e. The van der Waals surface area contributed by atoms with Crippen LogP contribution in [-0.2, 0) is 18.4 Å². The van der Waals surface area contributed by atoms with Crippen molar-refractivity contribution in [3.63, 3.8) is 0 Å². The number of nitrogens with zero attached hydrogens (tertiary/aromatic N) is 4. The highest BCUT2D eigenvalue weighted by molar-refractivity contribution is 5.83. The molecule has 1 unspecified atom stereocenters. The molecule has 1 aromatic carbocycles. The fourth-order valence-electron chi connectivity index (χ4n) is 4.01. The molecule has 2 aliphatic heterocycles. The number of carbonyl (C=O) groups excluding carboxylic acids is 1. The third-order valence-corrected chi connectivity index (χ3v) is 5.56. The second kappa shape index (κ2) is 6.28. The van der Waals surface area contributed by atoms with E-state index in [2.05, 4.69) is 9.80 Å². The third-order valence-electron chi connectivity index (χ3n) is 5.56. The number of likely N-dealkylation sites (N-methyl/N-ethyl adjacent to an activating group) is 1. The summed E-state index contributed by atoms with van der Waals surface area (Å²) in [5.74, 6) is 0.197. The zero-order valence-electron chi connectivity index (χ0n) is 14.8. The Morgan fingerprint density at radius 3 is 2.64 bits per heavy atom. The fraction of sp³-hybridized carbons (Fsp3) is 0.474. The minimum absolute atomic E-state index is 0.0493. The van der Waals surface area contributed by atoms with Crippen LogP contribution in [0.4, 0.5) is 0 Å². The molecule has 6 heteroatoms. The summed E-state index contributed by atoms with van der Waals surface area (Å²) in [4.78, 5) is 31.5. The second-order valence-electron chi connectivity index (χ2n) is 7.14. The summed E-state index contributed by atoms with van der Waals surface area (Å²) in [6.45, 7) is 4.82. The van der Waals surface area contributed by atoms with Gasteiger partial charge in [-0.05, 0) is 17.5 Å². The topological polar surface area (TPSA) is 48.8 Å². The summed E-state index contributed by atoms with van der Waals surface area (Å²) in [5.41, 5.74) is 1.80. The molecule has 132 valence electrons. The summed E-state index contributed by atoms with van der Waals surface area (Å²) in [6, 6.07) is 9.87. The van der Waals surface area contributed by atoms with Crippen molar-refractivity contribution >= 4 is 16.8 Å². The third kappa shape index (κ3) is 2.85. The molecule has 2 aliphatic rings. The fourth-order valence-corrected chi connectivity index (χ4v) is 4.01. The highest BCUT2D eigenvalue weighted by Gasteiger charge is 2.37. The van der Waals surface area contributed by atoms with E-state index in [0.29, 0.717) is 13.1 Å². The van der Waals surface area contributed by atoms with Crippen LogP contribution in [-0.4, -0.2) is 71.0 Å². The zero-order chi connectivity index (χ0) is 17.6. The van der Waals surface area contributed by atoms with Crippen molar-refractivity contribution < 1.29 is 4.79 Å². The lowest BCUT2D eigenvalue weighted by molar-refractivity contribution is -0.143. The lowest BCUT2D eigenvalue weighted by Gasteiger charge is -2.45. The van der Waals surface area contributed by atoms with Gasteiger partial charge in [0.2, 0.25) is 5.91 Å². The molecule has 0 aliphatic carbocycles. The Morgan fingerprint density at radius 2 is 1.80 bits per heavy atom. The first-order valence-electron chi connectivity index (χ1n) is 8.83. The first-order valence-corrected chi connectivity index (χ1v) is 8.83. The maximum atomic E-state index is 12.7. The Labute approximate surface area is 147 Å². The number of fused-ring (bicyclic) bond motifs is 2. The summed E-state index contributed by atoms with van der Waals surface area (Å²) in [7, 11) is 3.70. The van der Waals surface area contributed by atoms with Crippen LogP contribution in [0.1, 0.15) is 5.56 Å². The molecule has 2 saturated heterocycles. The van der Waals surface area contributed by atoms with Gasteiger partial charge in [0.25, 0.3) is 5.56 Å². The predicted molar refractivity (Wildman–Crippen MR) is 97.5 cm³/mol. The number of piperazine rings is 2. The molecule has 4 rings (SSSR count). The SMILES string of the molecule is CN1CCN2CCN(Cc3cc4ccccc4n(C)c3=O)CC2C1=O. The van der Waals surface area contributed by atoms with E-state index in [4.69, 9.17) is 0 Å². The van der Waals surface area contributed by atoms with Crippen LogP contribution >= 0.6 is 0 Å². The molecule has 0 bridgehead atoms. The zero-order valence-corrected chi connectivity index (χ0v) is 14.8. The monoisotopic (exact) mass is 340 g/mol. The van der Waals surface area contributed by atoms with Gasteiger partial charge in [0, 0.05) is 58.9 Å². The molecule has 2 fully saturated rings. The van der Waals surface area contributed by atoms with Crippen LogP contribution in [0, 0.1) is 0 Å². The molecule has 1 atom stereocenters. The van der Waals surface area contributed by atoms with E-state index in [0.717, 1.165) is 42.6 Å². The smallest absolute Gasteiger partial charge is 0.255 e. The summed E-state index contributed by atoms with van der Waals surface area (Å²) in [6.07, 6.45) is 0. The quantitative estimate of drug-likeness (QED) is 0.799. The van der Waals surface area contributed by atoms with Gasteiger partial charge in [0.15, 0.2) is 0 Å². The maximum Gasteiger partial charge on any atom is 0.255 e. The van der Waals surface area contributed by atoms with Gasteiger partial charge < -0.3 is 9.47 Å². The van der Waals surface area contributed by atoms with E-state index in [1.807, 2.05) is 49.3 Å². The summed E-state index contributed by atoms with van der Waals surface area (Å²) >= 11 is 0. The number of pyridine rings is 1. The number of benzene rings is 1. The van der Waals surface area contributed by atoms with Crippen LogP contribution in [0.25, 0.3) is 10.9 Å². The number of hydrogen-bond donors (Lipinski definition) is 0. The number of para-hydroxylation sites is 1. The van der Waals surface area contributed by atoms with Crippen molar-refractivity contribution in [3.05, 3.63) is 46.2 Å².